The molecular weight excluding hydrogens is 302 g/mol. The summed E-state index contributed by atoms with van der Waals surface area (Å²) in [5.41, 5.74) is 1.12. The Morgan fingerprint density at radius 2 is 1.75 bits per heavy atom. The summed E-state index contributed by atoms with van der Waals surface area (Å²) in [5.74, 6) is 0.745. The Kier molecular flexibility index (Phi) is 5.38. The molecule has 2 fully saturated rings. The van der Waals surface area contributed by atoms with Crippen molar-refractivity contribution in [2.75, 3.05) is 19.6 Å². The quantitative estimate of drug-likeness (QED) is 0.903. The summed E-state index contributed by atoms with van der Waals surface area (Å²) in [4.78, 5) is 28.2. The standard InChI is InChI=1S/C19H27N3O2/c1-15-7-9-17(10-8-15)20-18(23)14-22-12-11-21(19(22)24)13-16-5-3-2-4-6-16/h2-6,15,17H,7-14H2,1H3,(H,20,23). The zero-order valence-electron chi connectivity index (χ0n) is 14.4. The Balaban J connectivity index is 1.46. The number of urea groups is 1. The Morgan fingerprint density at radius 3 is 2.46 bits per heavy atom. The highest BCUT2D eigenvalue weighted by molar-refractivity contribution is 5.85. The second kappa shape index (κ2) is 7.69. The number of benzene rings is 1. The first kappa shape index (κ1) is 16.8. The molecule has 1 N–H and O–H groups in total. The molecule has 2 aliphatic rings. The van der Waals surface area contributed by atoms with Crippen LogP contribution < -0.4 is 5.32 Å². The third-order valence-electron chi connectivity index (χ3n) is 5.11. The van der Waals surface area contributed by atoms with Crippen molar-refractivity contribution in [3.8, 4) is 0 Å². The van der Waals surface area contributed by atoms with Crippen LogP contribution in [-0.4, -0.2) is 47.4 Å². The minimum atomic E-state index is -0.0359. The lowest BCUT2D eigenvalue weighted by atomic mass is 9.87. The smallest absolute Gasteiger partial charge is 0.320 e. The Bertz CT molecular complexity index is 567. The number of hydrogen-bond acceptors (Lipinski definition) is 2. The van der Waals surface area contributed by atoms with Gasteiger partial charge in [-0.2, -0.15) is 0 Å². The molecule has 0 radical (unpaired) electrons. The van der Waals surface area contributed by atoms with Gasteiger partial charge in [-0.1, -0.05) is 37.3 Å². The van der Waals surface area contributed by atoms with Crippen molar-refractivity contribution in [2.45, 2.75) is 45.2 Å². The summed E-state index contributed by atoms with van der Waals surface area (Å²) in [5, 5.41) is 3.10. The minimum Gasteiger partial charge on any atom is -0.352 e. The monoisotopic (exact) mass is 329 g/mol. The predicted octanol–water partition coefficient (Wildman–Crippen LogP) is 2.62. The van der Waals surface area contributed by atoms with E-state index in [0.29, 0.717) is 19.6 Å². The van der Waals surface area contributed by atoms with Crippen LogP contribution in [0.1, 0.15) is 38.2 Å². The average Bonchev–Trinajstić information content (AvgIpc) is 2.91. The van der Waals surface area contributed by atoms with Crippen molar-refractivity contribution in [1.29, 1.82) is 0 Å². The summed E-state index contributed by atoms with van der Waals surface area (Å²) >= 11 is 0. The van der Waals surface area contributed by atoms with Crippen LogP contribution in [0, 0.1) is 5.92 Å². The molecule has 1 saturated carbocycles. The summed E-state index contributed by atoms with van der Waals surface area (Å²) in [6.07, 6.45) is 4.47. The molecule has 5 heteroatoms. The van der Waals surface area contributed by atoms with Crippen molar-refractivity contribution in [3.63, 3.8) is 0 Å². The van der Waals surface area contributed by atoms with E-state index in [1.807, 2.05) is 35.2 Å². The molecule has 1 heterocycles. The molecule has 130 valence electrons. The van der Waals surface area contributed by atoms with Crippen molar-refractivity contribution in [3.05, 3.63) is 35.9 Å². The van der Waals surface area contributed by atoms with E-state index < -0.39 is 0 Å². The van der Waals surface area contributed by atoms with Gasteiger partial charge in [-0.05, 0) is 37.2 Å². The van der Waals surface area contributed by atoms with Gasteiger partial charge in [0.1, 0.15) is 6.54 Å². The Labute approximate surface area is 144 Å². The van der Waals surface area contributed by atoms with Gasteiger partial charge >= 0.3 is 6.03 Å². The summed E-state index contributed by atoms with van der Waals surface area (Å²) in [6.45, 7) is 4.36. The lowest BCUT2D eigenvalue weighted by Crippen LogP contribution is -2.44. The van der Waals surface area contributed by atoms with Crippen molar-refractivity contribution in [1.82, 2.24) is 15.1 Å². The highest BCUT2D eigenvalue weighted by Crippen LogP contribution is 2.23. The maximum absolute atomic E-state index is 12.5. The van der Waals surface area contributed by atoms with Crippen LogP contribution in [-0.2, 0) is 11.3 Å². The molecule has 1 aromatic rings. The summed E-state index contributed by atoms with van der Waals surface area (Å²) in [6, 6.07) is 10.2. The van der Waals surface area contributed by atoms with E-state index in [1.54, 1.807) is 4.90 Å². The van der Waals surface area contributed by atoms with E-state index in [4.69, 9.17) is 0 Å². The van der Waals surface area contributed by atoms with Crippen molar-refractivity contribution < 1.29 is 9.59 Å². The van der Waals surface area contributed by atoms with Crippen LogP contribution in [0.25, 0.3) is 0 Å². The second-order valence-electron chi connectivity index (χ2n) is 7.14. The largest absolute Gasteiger partial charge is 0.352 e. The second-order valence-corrected chi connectivity index (χ2v) is 7.14. The van der Waals surface area contributed by atoms with E-state index in [2.05, 4.69) is 12.2 Å². The highest BCUT2D eigenvalue weighted by atomic mass is 16.2. The van der Waals surface area contributed by atoms with Crippen LogP contribution in [0.2, 0.25) is 0 Å². The van der Waals surface area contributed by atoms with Gasteiger partial charge in [0.05, 0.1) is 0 Å². The molecule has 0 aromatic heterocycles. The molecule has 1 saturated heterocycles. The van der Waals surface area contributed by atoms with Gasteiger partial charge in [-0.3, -0.25) is 4.79 Å². The van der Waals surface area contributed by atoms with Gasteiger partial charge in [0, 0.05) is 25.7 Å². The van der Waals surface area contributed by atoms with Crippen LogP contribution in [0.5, 0.6) is 0 Å². The first-order valence-electron chi connectivity index (χ1n) is 8.99. The van der Waals surface area contributed by atoms with E-state index in [-0.39, 0.29) is 24.5 Å². The molecule has 5 nitrogen and oxygen atoms in total. The summed E-state index contributed by atoms with van der Waals surface area (Å²) < 4.78 is 0. The fourth-order valence-corrected chi connectivity index (χ4v) is 3.58. The van der Waals surface area contributed by atoms with Gasteiger partial charge in [-0.15, -0.1) is 0 Å². The van der Waals surface area contributed by atoms with Gasteiger partial charge in [-0.25, -0.2) is 4.79 Å². The maximum atomic E-state index is 12.5. The Morgan fingerprint density at radius 1 is 1.08 bits per heavy atom. The number of nitrogens with zero attached hydrogens (tertiary/aromatic N) is 2. The van der Waals surface area contributed by atoms with E-state index in [9.17, 15) is 9.59 Å². The fourth-order valence-electron chi connectivity index (χ4n) is 3.58. The molecule has 0 spiro atoms. The van der Waals surface area contributed by atoms with Crippen LogP contribution in [0.3, 0.4) is 0 Å². The Hall–Kier alpha value is -2.04. The molecular formula is C19H27N3O2. The van der Waals surface area contributed by atoms with Crippen molar-refractivity contribution >= 4 is 11.9 Å². The zero-order chi connectivity index (χ0) is 16.9. The SMILES string of the molecule is CC1CCC(NC(=O)CN2CCN(Cc3ccccc3)C2=O)CC1. The van der Waals surface area contributed by atoms with Crippen molar-refractivity contribution in [2.24, 2.45) is 5.92 Å². The first-order chi connectivity index (χ1) is 11.6. The van der Waals surface area contributed by atoms with Crippen LogP contribution in [0.4, 0.5) is 4.79 Å². The zero-order valence-corrected chi connectivity index (χ0v) is 14.4. The molecule has 3 rings (SSSR count). The van der Waals surface area contributed by atoms with Gasteiger partial charge in [0.25, 0.3) is 0 Å². The molecule has 3 amide bonds. The highest BCUT2D eigenvalue weighted by Gasteiger charge is 2.30. The average molecular weight is 329 g/mol. The maximum Gasteiger partial charge on any atom is 0.320 e. The number of amides is 3. The molecule has 0 unspecified atom stereocenters. The third-order valence-corrected chi connectivity index (χ3v) is 5.11. The van der Waals surface area contributed by atoms with Crippen LogP contribution >= 0.6 is 0 Å². The number of rotatable bonds is 5. The molecule has 0 atom stereocenters. The number of nitrogens with one attached hydrogen (secondary N) is 1. The van der Waals surface area contributed by atoms with Gasteiger partial charge < -0.3 is 15.1 Å². The predicted molar refractivity (Wildman–Crippen MR) is 93.4 cm³/mol. The summed E-state index contributed by atoms with van der Waals surface area (Å²) in [7, 11) is 0. The minimum absolute atomic E-state index is 0.0236. The van der Waals surface area contributed by atoms with E-state index in [1.165, 1.54) is 12.8 Å². The lowest BCUT2D eigenvalue weighted by molar-refractivity contribution is -0.122. The van der Waals surface area contributed by atoms with Crippen LogP contribution in [0.15, 0.2) is 30.3 Å². The molecule has 24 heavy (non-hydrogen) atoms. The number of carbonyl (C=O) groups is 2. The molecule has 0 bridgehead atoms. The fraction of sp³-hybridized carbons (Fsp3) is 0.579. The van der Waals surface area contributed by atoms with E-state index in [0.717, 1.165) is 24.3 Å². The topological polar surface area (TPSA) is 52.7 Å². The molecule has 1 aliphatic heterocycles. The third kappa shape index (κ3) is 4.28. The van der Waals surface area contributed by atoms with Gasteiger partial charge in [0.15, 0.2) is 0 Å². The number of carbonyl (C=O) groups excluding carboxylic acids is 2. The molecule has 1 aliphatic carbocycles. The normalized spacial score (nSPS) is 24.3. The first-order valence-corrected chi connectivity index (χ1v) is 8.99. The molecule has 1 aromatic carbocycles. The van der Waals surface area contributed by atoms with Gasteiger partial charge in [0.2, 0.25) is 5.91 Å². The van der Waals surface area contributed by atoms with E-state index >= 15 is 0 Å². The number of hydrogen-bond donors (Lipinski definition) is 1. The lowest BCUT2D eigenvalue weighted by Gasteiger charge is -2.27.